The lowest BCUT2D eigenvalue weighted by Gasteiger charge is -1.95. The molecule has 0 rings (SSSR count). The van der Waals surface area contributed by atoms with Crippen LogP contribution in [0.25, 0.3) is 0 Å². The molecule has 0 atom stereocenters. The SMILES string of the molecule is CCOC(C)=O.O=C(O)CCC(=O)O.O=C(O)CCC(=O)O.OCC(F)(F)F. The van der Waals surface area contributed by atoms with Crippen molar-refractivity contribution in [1.29, 1.82) is 0 Å². The second kappa shape index (κ2) is 20.4. The van der Waals surface area contributed by atoms with Gasteiger partial charge >= 0.3 is 36.0 Å². The van der Waals surface area contributed by atoms with Gasteiger partial charge in [0.2, 0.25) is 0 Å². The highest BCUT2D eigenvalue weighted by Crippen LogP contribution is 2.11. The summed E-state index contributed by atoms with van der Waals surface area (Å²) in [7, 11) is 0. The fourth-order valence-electron chi connectivity index (χ4n) is 0.631. The van der Waals surface area contributed by atoms with Crippen molar-refractivity contribution in [2.45, 2.75) is 45.7 Å². The molecule has 11 nitrogen and oxygen atoms in total. The Labute approximate surface area is 157 Å². The van der Waals surface area contributed by atoms with Crippen molar-refractivity contribution in [1.82, 2.24) is 0 Å². The maximum Gasteiger partial charge on any atom is 0.411 e. The molecule has 0 bridgehead atoms. The number of alkyl halides is 3. The molecule has 0 heterocycles. The molecule has 0 aromatic carbocycles. The highest BCUT2D eigenvalue weighted by atomic mass is 19.4. The maximum atomic E-state index is 10.5. The van der Waals surface area contributed by atoms with E-state index in [1.165, 1.54) is 6.92 Å². The van der Waals surface area contributed by atoms with Gasteiger partial charge in [-0.25, -0.2) is 0 Å². The second-order valence-corrected chi connectivity index (χ2v) is 4.27. The molecule has 0 amide bonds. The lowest BCUT2D eigenvalue weighted by molar-refractivity contribution is -0.159. The average Bonchev–Trinajstić information content (AvgIpc) is 2.52. The predicted octanol–water partition coefficient (Wildman–Crippen LogP) is 0.982. The number of carbonyl (C=O) groups excluding carboxylic acids is 1. The fourth-order valence-corrected chi connectivity index (χ4v) is 0.631. The summed E-state index contributed by atoms with van der Waals surface area (Å²) in [6, 6.07) is 0. The summed E-state index contributed by atoms with van der Waals surface area (Å²) >= 11 is 0. The van der Waals surface area contributed by atoms with E-state index >= 15 is 0 Å². The van der Waals surface area contributed by atoms with Crippen molar-refractivity contribution in [3.63, 3.8) is 0 Å². The highest BCUT2D eigenvalue weighted by Gasteiger charge is 2.24. The number of esters is 1. The molecule has 0 radical (unpaired) electrons. The van der Waals surface area contributed by atoms with E-state index in [4.69, 9.17) is 25.5 Å². The third kappa shape index (κ3) is 65.7. The number of hydrogen-bond acceptors (Lipinski definition) is 7. The number of aliphatic carboxylic acids is 4. The van der Waals surface area contributed by atoms with Crippen LogP contribution in [0.15, 0.2) is 0 Å². The number of carboxylic acids is 4. The van der Waals surface area contributed by atoms with Gasteiger partial charge in [0.25, 0.3) is 0 Å². The van der Waals surface area contributed by atoms with Gasteiger partial charge in [-0.3, -0.25) is 24.0 Å². The largest absolute Gasteiger partial charge is 0.481 e. The first-order valence-electron chi connectivity index (χ1n) is 7.27. The smallest absolute Gasteiger partial charge is 0.411 e. The Morgan fingerprint density at radius 1 is 0.750 bits per heavy atom. The zero-order valence-electron chi connectivity index (χ0n) is 15.1. The van der Waals surface area contributed by atoms with E-state index in [1.807, 2.05) is 0 Å². The molecule has 5 N–H and O–H groups in total. The molecule has 0 aromatic rings. The van der Waals surface area contributed by atoms with E-state index < -0.39 is 36.7 Å². The van der Waals surface area contributed by atoms with Crippen LogP contribution in [-0.2, 0) is 28.7 Å². The van der Waals surface area contributed by atoms with Crippen molar-refractivity contribution in [3.8, 4) is 0 Å². The number of carbonyl (C=O) groups is 5. The van der Waals surface area contributed by atoms with E-state index in [0.29, 0.717) is 6.61 Å². The van der Waals surface area contributed by atoms with Crippen LogP contribution in [0.5, 0.6) is 0 Å². The molecular formula is C14H23F3O11. The molecule has 0 aromatic heterocycles. The molecule has 0 aliphatic rings. The van der Waals surface area contributed by atoms with E-state index in [9.17, 15) is 37.1 Å². The molecule has 0 aliphatic carbocycles. The van der Waals surface area contributed by atoms with Crippen molar-refractivity contribution >= 4 is 29.8 Å². The minimum Gasteiger partial charge on any atom is -0.481 e. The van der Waals surface area contributed by atoms with Crippen molar-refractivity contribution in [2.24, 2.45) is 0 Å². The van der Waals surface area contributed by atoms with Crippen LogP contribution in [-0.4, -0.2) is 74.8 Å². The first-order chi connectivity index (χ1) is 12.6. The van der Waals surface area contributed by atoms with Crippen LogP contribution in [0.3, 0.4) is 0 Å². The highest BCUT2D eigenvalue weighted by molar-refractivity contribution is 5.75. The van der Waals surface area contributed by atoms with E-state index in [-0.39, 0.29) is 31.7 Å². The minimum atomic E-state index is -4.40. The summed E-state index contributed by atoms with van der Waals surface area (Å²) in [5.41, 5.74) is 0. The van der Waals surface area contributed by atoms with Gasteiger partial charge < -0.3 is 30.3 Å². The van der Waals surface area contributed by atoms with E-state index in [1.54, 1.807) is 6.92 Å². The van der Waals surface area contributed by atoms with Crippen LogP contribution in [0.4, 0.5) is 13.2 Å². The minimum absolute atomic E-state index is 0.211. The third-order valence-corrected chi connectivity index (χ3v) is 1.63. The molecule has 0 unspecified atom stereocenters. The Balaban J connectivity index is -0.000000139. The lowest BCUT2D eigenvalue weighted by atomic mass is 10.3. The fraction of sp³-hybridized carbons (Fsp3) is 0.643. The molecule has 0 saturated heterocycles. The van der Waals surface area contributed by atoms with Crippen LogP contribution < -0.4 is 0 Å². The molecule has 0 fully saturated rings. The number of hydrogen-bond donors (Lipinski definition) is 5. The van der Waals surface area contributed by atoms with Crippen molar-refractivity contribution in [2.75, 3.05) is 13.2 Å². The monoisotopic (exact) mass is 424 g/mol. The van der Waals surface area contributed by atoms with Gasteiger partial charge in [-0.05, 0) is 6.92 Å². The molecule has 0 saturated carbocycles. The van der Waals surface area contributed by atoms with Crippen molar-refractivity contribution in [3.05, 3.63) is 0 Å². The quantitative estimate of drug-likeness (QED) is 0.365. The average molecular weight is 424 g/mol. The summed E-state index contributed by atoms with van der Waals surface area (Å²) in [5.74, 6) is -4.52. The number of rotatable bonds is 7. The number of carboxylic acid groups (broad SMARTS) is 4. The Morgan fingerprint density at radius 3 is 1.00 bits per heavy atom. The number of halogens is 3. The Hall–Kier alpha value is -2.90. The standard InChI is InChI=1S/2C4H6O4.C4H8O2.C2H3F3O/c2*5-3(6)1-2-4(7)8;1-3-6-4(2)5;3-2(4,5)1-6/h2*1-2H2,(H,5,6)(H,7,8);3H2,1-2H3;6H,1H2. The van der Waals surface area contributed by atoms with Gasteiger partial charge in [0.15, 0.2) is 0 Å². The molecule has 28 heavy (non-hydrogen) atoms. The van der Waals surface area contributed by atoms with Crippen LogP contribution in [0.2, 0.25) is 0 Å². The van der Waals surface area contributed by atoms with Gasteiger partial charge in [0.05, 0.1) is 32.3 Å². The summed E-state index contributed by atoms with van der Waals surface area (Å²) in [6.45, 7) is 1.92. The van der Waals surface area contributed by atoms with Gasteiger partial charge in [-0.15, -0.1) is 0 Å². The van der Waals surface area contributed by atoms with Gasteiger partial charge in [0.1, 0.15) is 6.61 Å². The topological polar surface area (TPSA) is 196 Å². The van der Waals surface area contributed by atoms with Crippen LogP contribution in [0.1, 0.15) is 39.5 Å². The first-order valence-corrected chi connectivity index (χ1v) is 7.27. The first kappa shape index (κ1) is 32.7. The number of aliphatic hydroxyl groups is 1. The summed E-state index contributed by atoms with van der Waals surface area (Å²) < 4.78 is 36.0. The van der Waals surface area contributed by atoms with Crippen molar-refractivity contribution < 1.29 is 67.4 Å². The van der Waals surface area contributed by atoms with E-state index in [2.05, 4.69) is 4.74 Å². The predicted molar refractivity (Wildman–Crippen MR) is 84.5 cm³/mol. The normalized spacial score (nSPS) is 9.07. The summed E-state index contributed by atoms with van der Waals surface area (Å²) in [4.78, 5) is 48.4. The third-order valence-electron chi connectivity index (χ3n) is 1.63. The molecule has 0 aliphatic heterocycles. The maximum absolute atomic E-state index is 10.5. The Kier molecular flexibility index (Phi) is 23.9. The number of aliphatic hydroxyl groups excluding tert-OH is 1. The Morgan fingerprint density at radius 2 is 0.964 bits per heavy atom. The lowest BCUT2D eigenvalue weighted by Crippen LogP contribution is -2.12. The van der Waals surface area contributed by atoms with Crippen LogP contribution in [0, 0.1) is 0 Å². The zero-order valence-corrected chi connectivity index (χ0v) is 15.1. The molecule has 14 heteroatoms. The van der Waals surface area contributed by atoms with Crippen LogP contribution >= 0.6 is 0 Å². The second-order valence-electron chi connectivity index (χ2n) is 4.27. The molecule has 0 spiro atoms. The van der Waals surface area contributed by atoms with Gasteiger partial charge in [-0.1, -0.05) is 0 Å². The Bertz CT molecular complexity index is 420. The van der Waals surface area contributed by atoms with E-state index in [0.717, 1.165) is 0 Å². The summed E-state index contributed by atoms with van der Waals surface area (Å²) in [6.07, 6.45) is -5.59. The zero-order chi connectivity index (χ0) is 23.3. The van der Waals surface area contributed by atoms with Gasteiger partial charge in [0, 0.05) is 6.92 Å². The molecular weight excluding hydrogens is 401 g/mol. The molecule has 166 valence electrons. The van der Waals surface area contributed by atoms with Gasteiger partial charge in [-0.2, -0.15) is 13.2 Å². The summed E-state index contributed by atoms with van der Waals surface area (Å²) in [5, 5.41) is 38.9. The number of ether oxygens (including phenoxy) is 1.